The third-order valence-electron chi connectivity index (χ3n) is 2.67. The van der Waals surface area contributed by atoms with Crippen LogP contribution in [0.3, 0.4) is 0 Å². The molecule has 0 radical (unpaired) electrons. The number of nitrogens with zero attached hydrogens (tertiary/aromatic N) is 3. The molecule has 0 aliphatic carbocycles. The van der Waals surface area contributed by atoms with Gasteiger partial charge in [-0.2, -0.15) is 0 Å². The Bertz CT molecular complexity index is 582. The molecule has 2 aromatic heterocycles. The van der Waals surface area contributed by atoms with Gasteiger partial charge in [0.1, 0.15) is 10.7 Å². The van der Waals surface area contributed by atoms with Gasteiger partial charge in [-0.25, -0.2) is 20.8 Å². The van der Waals surface area contributed by atoms with Gasteiger partial charge in [0.25, 0.3) is 5.91 Å². The number of hydrogen-bond donors (Lipinski definition) is 3. The van der Waals surface area contributed by atoms with Crippen LogP contribution in [0.2, 0.25) is 0 Å². The molecule has 1 atom stereocenters. The maximum atomic E-state index is 12.0. The summed E-state index contributed by atoms with van der Waals surface area (Å²) in [4.78, 5) is 25.4. The summed E-state index contributed by atoms with van der Waals surface area (Å²) in [6.45, 7) is 3.96. The number of hydrazine groups is 1. The Balaban J connectivity index is 2.02. The normalized spacial score (nSPS) is 11.9. The highest BCUT2D eigenvalue weighted by atomic mass is 32.1. The molecule has 2 aromatic rings. The third kappa shape index (κ3) is 3.28. The van der Waals surface area contributed by atoms with E-state index in [1.54, 1.807) is 11.3 Å². The zero-order chi connectivity index (χ0) is 14.5. The van der Waals surface area contributed by atoms with Crippen LogP contribution in [-0.2, 0) is 6.42 Å². The number of thiazole rings is 1. The molecule has 8 heteroatoms. The molecule has 0 spiro atoms. The SMILES string of the molecule is CCc1cnc(C(C)NC(=O)c2cnc(NN)cn2)s1. The fourth-order valence-corrected chi connectivity index (χ4v) is 2.40. The first-order valence-electron chi connectivity index (χ1n) is 6.18. The van der Waals surface area contributed by atoms with Gasteiger partial charge in [0.2, 0.25) is 0 Å². The van der Waals surface area contributed by atoms with E-state index < -0.39 is 0 Å². The summed E-state index contributed by atoms with van der Waals surface area (Å²) in [6.07, 6.45) is 5.55. The number of anilines is 1. The van der Waals surface area contributed by atoms with Gasteiger partial charge in [-0.15, -0.1) is 11.3 Å². The molecule has 20 heavy (non-hydrogen) atoms. The average molecular weight is 292 g/mol. The Labute approximate surface area is 120 Å². The maximum Gasteiger partial charge on any atom is 0.272 e. The zero-order valence-electron chi connectivity index (χ0n) is 11.3. The number of amides is 1. The minimum Gasteiger partial charge on any atom is -0.342 e. The first-order valence-corrected chi connectivity index (χ1v) is 6.99. The van der Waals surface area contributed by atoms with Crippen LogP contribution in [0.4, 0.5) is 5.82 Å². The van der Waals surface area contributed by atoms with E-state index in [1.807, 2.05) is 13.1 Å². The summed E-state index contributed by atoms with van der Waals surface area (Å²) >= 11 is 1.60. The number of aryl methyl sites for hydroxylation is 1. The molecule has 1 amide bonds. The van der Waals surface area contributed by atoms with Crippen molar-refractivity contribution in [1.29, 1.82) is 0 Å². The van der Waals surface area contributed by atoms with Gasteiger partial charge in [0.05, 0.1) is 18.4 Å². The predicted molar refractivity (Wildman–Crippen MR) is 77.2 cm³/mol. The molecule has 2 rings (SSSR count). The van der Waals surface area contributed by atoms with Crippen LogP contribution in [0.15, 0.2) is 18.6 Å². The molecule has 7 nitrogen and oxygen atoms in total. The Morgan fingerprint density at radius 3 is 2.70 bits per heavy atom. The summed E-state index contributed by atoms with van der Waals surface area (Å²) in [5.41, 5.74) is 2.59. The molecule has 0 aromatic carbocycles. The molecule has 0 saturated carbocycles. The first kappa shape index (κ1) is 14.4. The van der Waals surface area contributed by atoms with Gasteiger partial charge in [-0.05, 0) is 13.3 Å². The Morgan fingerprint density at radius 1 is 1.35 bits per heavy atom. The van der Waals surface area contributed by atoms with Crippen molar-refractivity contribution >= 4 is 23.1 Å². The third-order valence-corrected chi connectivity index (χ3v) is 3.99. The van der Waals surface area contributed by atoms with Gasteiger partial charge in [0.15, 0.2) is 5.82 Å². The summed E-state index contributed by atoms with van der Waals surface area (Å²) in [5, 5.41) is 3.72. The van der Waals surface area contributed by atoms with E-state index in [9.17, 15) is 4.79 Å². The molecular formula is C12H16N6OS. The van der Waals surface area contributed by atoms with Crippen LogP contribution in [0.1, 0.15) is 40.3 Å². The molecule has 106 valence electrons. The fourth-order valence-electron chi connectivity index (χ4n) is 1.54. The largest absolute Gasteiger partial charge is 0.342 e. The van der Waals surface area contributed by atoms with Crippen molar-refractivity contribution in [3.8, 4) is 0 Å². The van der Waals surface area contributed by atoms with Gasteiger partial charge < -0.3 is 10.7 Å². The van der Waals surface area contributed by atoms with Crippen LogP contribution in [0.25, 0.3) is 0 Å². The van der Waals surface area contributed by atoms with Crippen molar-refractivity contribution < 1.29 is 4.79 Å². The lowest BCUT2D eigenvalue weighted by Gasteiger charge is -2.10. The Morgan fingerprint density at radius 2 is 2.15 bits per heavy atom. The minimum absolute atomic E-state index is 0.165. The summed E-state index contributed by atoms with van der Waals surface area (Å²) in [6, 6.07) is -0.165. The smallest absolute Gasteiger partial charge is 0.272 e. The first-order chi connectivity index (χ1) is 9.63. The van der Waals surface area contributed by atoms with Gasteiger partial charge >= 0.3 is 0 Å². The van der Waals surface area contributed by atoms with Crippen molar-refractivity contribution in [2.75, 3.05) is 5.43 Å². The van der Waals surface area contributed by atoms with Gasteiger partial charge in [-0.3, -0.25) is 4.79 Å². The molecule has 0 fully saturated rings. The maximum absolute atomic E-state index is 12.0. The lowest BCUT2D eigenvalue weighted by atomic mass is 10.3. The van der Waals surface area contributed by atoms with Crippen LogP contribution in [0.5, 0.6) is 0 Å². The summed E-state index contributed by atoms with van der Waals surface area (Å²) in [5.74, 6) is 5.30. The molecule has 0 bridgehead atoms. The second-order valence-corrected chi connectivity index (χ2v) is 5.29. The molecule has 0 aliphatic rings. The molecule has 0 aliphatic heterocycles. The van der Waals surface area contributed by atoms with Gasteiger partial charge in [0, 0.05) is 11.1 Å². The zero-order valence-corrected chi connectivity index (χ0v) is 12.1. The van der Waals surface area contributed by atoms with E-state index in [4.69, 9.17) is 5.84 Å². The van der Waals surface area contributed by atoms with Gasteiger partial charge in [-0.1, -0.05) is 6.92 Å². The van der Waals surface area contributed by atoms with E-state index in [1.165, 1.54) is 17.3 Å². The number of carbonyl (C=O) groups is 1. The quantitative estimate of drug-likeness (QED) is 0.566. The molecule has 1 unspecified atom stereocenters. The second kappa shape index (κ2) is 6.40. The summed E-state index contributed by atoms with van der Waals surface area (Å²) in [7, 11) is 0. The fraction of sp³-hybridized carbons (Fsp3) is 0.333. The Hall–Kier alpha value is -2.06. The van der Waals surface area contributed by atoms with E-state index in [0.717, 1.165) is 11.4 Å². The van der Waals surface area contributed by atoms with Crippen molar-refractivity contribution in [3.63, 3.8) is 0 Å². The highest BCUT2D eigenvalue weighted by Gasteiger charge is 2.15. The topological polar surface area (TPSA) is 106 Å². The minimum atomic E-state index is -0.290. The number of nitrogen functional groups attached to an aromatic ring is 1. The van der Waals surface area contributed by atoms with Crippen molar-refractivity contribution in [2.24, 2.45) is 5.84 Å². The highest BCUT2D eigenvalue weighted by Crippen LogP contribution is 2.20. The average Bonchev–Trinajstić information content (AvgIpc) is 2.96. The lowest BCUT2D eigenvalue weighted by molar-refractivity contribution is 0.0934. The van der Waals surface area contributed by atoms with Crippen molar-refractivity contribution in [3.05, 3.63) is 34.2 Å². The van der Waals surface area contributed by atoms with Crippen LogP contribution >= 0.6 is 11.3 Å². The van der Waals surface area contributed by atoms with E-state index in [2.05, 4.69) is 32.6 Å². The van der Waals surface area contributed by atoms with Crippen LogP contribution in [-0.4, -0.2) is 20.9 Å². The number of carbonyl (C=O) groups excluding carboxylic acids is 1. The second-order valence-electron chi connectivity index (χ2n) is 4.14. The van der Waals surface area contributed by atoms with Crippen molar-refractivity contribution in [1.82, 2.24) is 20.3 Å². The number of rotatable bonds is 5. The molecule has 0 saturated heterocycles. The lowest BCUT2D eigenvalue weighted by Crippen LogP contribution is -2.27. The number of aromatic nitrogens is 3. The monoisotopic (exact) mass is 292 g/mol. The van der Waals surface area contributed by atoms with Crippen LogP contribution < -0.4 is 16.6 Å². The molecule has 4 N–H and O–H groups in total. The van der Waals surface area contributed by atoms with Crippen molar-refractivity contribution in [2.45, 2.75) is 26.3 Å². The Kier molecular flexibility index (Phi) is 4.59. The van der Waals surface area contributed by atoms with Crippen LogP contribution in [0, 0.1) is 0 Å². The number of nitrogens with two attached hydrogens (primary N) is 1. The van der Waals surface area contributed by atoms with E-state index >= 15 is 0 Å². The van der Waals surface area contributed by atoms with E-state index in [-0.39, 0.29) is 17.6 Å². The molecular weight excluding hydrogens is 276 g/mol. The predicted octanol–water partition coefficient (Wildman–Crippen LogP) is 1.27. The highest BCUT2D eigenvalue weighted by molar-refractivity contribution is 7.11. The standard InChI is InChI=1S/C12H16N6OS/c1-3-8-4-16-12(20-8)7(2)17-11(19)9-5-15-10(18-13)6-14-9/h4-7H,3,13H2,1-2H3,(H,15,18)(H,17,19). The number of hydrogen-bond acceptors (Lipinski definition) is 7. The van der Waals surface area contributed by atoms with E-state index in [0.29, 0.717) is 5.82 Å². The number of nitrogens with one attached hydrogen (secondary N) is 2. The summed E-state index contributed by atoms with van der Waals surface area (Å²) < 4.78 is 0. The molecule has 2 heterocycles.